The molecule has 0 fully saturated rings. The van der Waals surface area contributed by atoms with E-state index in [-0.39, 0.29) is 0 Å². The van der Waals surface area contributed by atoms with Crippen LogP contribution in [-0.4, -0.2) is 11.7 Å². The monoisotopic (exact) mass is 325 g/mol. The Morgan fingerprint density at radius 3 is 2.78 bits per heavy atom. The summed E-state index contributed by atoms with van der Waals surface area (Å²) < 4.78 is 1.09. The van der Waals surface area contributed by atoms with Crippen LogP contribution in [0.4, 0.5) is 0 Å². The van der Waals surface area contributed by atoms with E-state index in [1.54, 1.807) is 11.3 Å². The fourth-order valence-corrected chi connectivity index (χ4v) is 2.96. The van der Waals surface area contributed by atoms with Crippen molar-refractivity contribution in [1.29, 1.82) is 0 Å². The summed E-state index contributed by atoms with van der Waals surface area (Å²) in [4.78, 5) is 0. The summed E-state index contributed by atoms with van der Waals surface area (Å²) in [6, 6.07) is 10.1. The van der Waals surface area contributed by atoms with E-state index in [4.69, 9.17) is 0 Å². The molecule has 0 aliphatic rings. The molecule has 2 aromatic rings. The van der Waals surface area contributed by atoms with Crippen molar-refractivity contribution in [2.24, 2.45) is 0 Å². The van der Waals surface area contributed by atoms with E-state index in [0.717, 1.165) is 16.6 Å². The molecule has 2 N–H and O–H groups in total. The Bertz CT molecular complexity index is 496. The Kier molecular flexibility index (Phi) is 4.56. The van der Waals surface area contributed by atoms with Gasteiger partial charge >= 0.3 is 0 Å². The molecule has 4 heteroatoms. The third kappa shape index (κ3) is 3.42. The molecular weight excluding hydrogens is 310 g/mol. The molecule has 1 atom stereocenters. The molecule has 0 aliphatic heterocycles. The van der Waals surface area contributed by atoms with Crippen molar-refractivity contribution in [3.63, 3.8) is 0 Å². The second kappa shape index (κ2) is 5.97. The van der Waals surface area contributed by atoms with E-state index in [2.05, 4.69) is 27.3 Å². The minimum absolute atomic E-state index is 0.533. The number of nitrogens with one attached hydrogen (secondary N) is 1. The van der Waals surface area contributed by atoms with Gasteiger partial charge in [-0.15, -0.1) is 0 Å². The molecule has 1 aromatic heterocycles. The summed E-state index contributed by atoms with van der Waals surface area (Å²) in [5.74, 6) is 0. The Morgan fingerprint density at radius 2 is 2.11 bits per heavy atom. The minimum Gasteiger partial charge on any atom is -0.384 e. The van der Waals surface area contributed by atoms with E-state index in [1.165, 1.54) is 5.56 Å². The van der Waals surface area contributed by atoms with Gasteiger partial charge in [-0.2, -0.15) is 11.3 Å². The highest BCUT2D eigenvalue weighted by atomic mass is 79.9. The summed E-state index contributed by atoms with van der Waals surface area (Å²) in [6.45, 7) is 3.11. The maximum absolute atomic E-state index is 10.4. The maximum Gasteiger partial charge on any atom is 0.1000 e. The molecule has 1 unspecified atom stereocenters. The lowest BCUT2D eigenvalue weighted by Crippen LogP contribution is -2.34. The van der Waals surface area contributed by atoms with Crippen LogP contribution in [0, 0.1) is 0 Å². The van der Waals surface area contributed by atoms with Crippen LogP contribution in [0.1, 0.15) is 18.1 Å². The molecule has 96 valence electrons. The van der Waals surface area contributed by atoms with Crippen molar-refractivity contribution < 1.29 is 5.11 Å². The van der Waals surface area contributed by atoms with E-state index in [9.17, 15) is 5.11 Å². The number of thiophene rings is 1. The van der Waals surface area contributed by atoms with Crippen LogP contribution in [0.15, 0.2) is 45.6 Å². The average Bonchev–Trinajstić information content (AvgIpc) is 2.86. The largest absolute Gasteiger partial charge is 0.384 e. The van der Waals surface area contributed by atoms with Gasteiger partial charge in [0.25, 0.3) is 0 Å². The molecule has 0 saturated heterocycles. The molecule has 0 bridgehead atoms. The van der Waals surface area contributed by atoms with E-state index < -0.39 is 5.60 Å². The molecule has 0 spiro atoms. The van der Waals surface area contributed by atoms with Gasteiger partial charge in [-0.25, -0.2) is 0 Å². The maximum atomic E-state index is 10.4. The standard InChI is InChI=1S/C14H16BrNOS/c1-14(17,12-6-7-18-9-12)10-16-8-11-4-2-3-5-13(11)15/h2-7,9,16-17H,8,10H2,1H3. The normalized spacial score (nSPS) is 14.4. The second-order valence-electron chi connectivity index (χ2n) is 4.48. The predicted molar refractivity (Wildman–Crippen MR) is 79.7 cm³/mol. The van der Waals surface area contributed by atoms with Gasteiger partial charge in [-0.05, 0) is 40.9 Å². The first-order valence-corrected chi connectivity index (χ1v) is 7.52. The lowest BCUT2D eigenvalue weighted by atomic mass is 9.99. The lowest BCUT2D eigenvalue weighted by Gasteiger charge is -2.23. The van der Waals surface area contributed by atoms with Gasteiger partial charge in [-0.1, -0.05) is 34.1 Å². The number of benzene rings is 1. The molecule has 0 saturated carbocycles. The minimum atomic E-state index is -0.818. The molecule has 0 aliphatic carbocycles. The Hall–Kier alpha value is -0.680. The molecule has 0 radical (unpaired) electrons. The fourth-order valence-electron chi connectivity index (χ4n) is 1.76. The molecular formula is C14H16BrNOS. The van der Waals surface area contributed by atoms with Gasteiger partial charge in [0.05, 0.1) is 5.60 Å². The summed E-state index contributed by atoms with van der Waals surface area (Å²) in [5.41, 5.74) is 1.34. The third-order valence-corrected chi connectivity index (χ3v) is 4.34. The smallest absolute Gasteiger partial charge is 0.1000 e. The van der Waals surface area contributed by atoms with Gasteiger partial charge in [0.15, 0.2) is 0 Å². The molecule has 18 heavy (non-hydrogen) atoms. The van der Waals surface area contributed by atoms with Crippen molar-refractivity contribution in [3.05, 3.63) is 56.7 Å². The summed E-state index contributed by atoms with van der Waals surface area (Å²) >= 11 is 5.12. The summed E-state index contributed by atoms with van der Waals surface area (Å²) in [6.07, 6.45) is 0. The molecule has 1 aromatic carbocycles. The Labute approximate surface area is 120 Å². The van der Waals surface area contributed by atoms with Gasteiger partial charge < -0.3 is 10.4 Å². The highest BCUT2D eigenvalue weighted by molar-refractivity contribution is 9.10. The van der Waals surface area contributed by atoms with Crippen LogP contribution in [0.25, 0.3) is 0 Å². The van der Waals surface area contributed by atoms with Crippen LogP contribution >= 0.6 is 27.3 Å². The number of halogens is 1. The van der Waals surface area contributed by atoms with Crippen molar-refractivity contribution in [2.75, 3.05) is 6.54 Å². The number of aliphatic hydroxyl groups is 1. The van der Waals surface area contributed by atoms with Crippen molar-refractivity contribution in [3.8, 4) is 0 Å². The van der Waals surface area contributed by atoms with Gasteiger partial charge in [0.2, 0.25) is 0 Å². The van der Waals surface area contributed by atoms with Gasteiger partial charge in [0.1, 0.15) is 0 Å². The van der Waals surface area contributed by atoms with Gasteiger partial charge in [-0.3, -0.25) is 0 Å². The summed E-state index contributed by atoms with van der Waals surface area (Å²) in [5, 5.41) is 17.6. The van der Waals surface area contributed by atoms with Crippen molar-refractivity contribution >= 4 is 27.3 Å². The van der Waals surface area contributed by atoms with Crippen LogP contribution in [0.5, 0.6) is 0 Å². The highest BCUT2D eigenvalue weighted by Gasteiger charge is 2.22. The van der Waals surface area contributed by atoms with Crippen LogP contribution < -0.4 is 5.32 Å². The number of rotatable bonds is 5. The molecule has 2 nitrogen and oxygen atoms in total. The zero-order valence-corrected chi connectivity index (χ0v) is 12.6. The Balaban J connectivity index is 1.91. The SMILES string of the molecule is CC(O)(CNCc1ccccc1Br)c1ccsc1. The number of hydrogen-bond donors (Lipinski definition) is 2. The average molecular weight is 326 g/mol. The van der Waals surface area contributed by atoms with Crippen LogP contribution in [0.2, 0.25) is 0 Å². The Morgan fingerprint density at radius 1 is 1.33 bits per heavy atom. The van der Waals surface area contributed by atoms with Crippen LogP contribution in [0.3, 0.4) is 0 Å². The van der Waals surface area contributed by atoms with Crippen molar-refractivity contribution in [1.82, 2.24) is 5.32 Å². The van der Waals surface area contributed by atoms with Crippen LogP contribution in [-0.2, 0) is 12.1 Å². The topological polar surface area (TPSA) is 32.3 Å². The second-order valence-corrected chi connectivity index (χ2v) is 6.12. The van der Waals surface area contributed by atoms with E-state index in [0.29, 0.717) is 6.54 Å². The summed E-state index contributed by atoms with van der Waals surface area (Å²) in [7, 11) is 0. The fraction of sp³-hybridized carbons (Fsp3) is 0.286. The highest BCUT2D eigenvalue weighted by Crippen LogP contribution is 2.22. The number of hydrogen-bond acceptors (Lipinski definition) is 3. The zero-order valence-electron chi connectivity index (χ0n) is 10.2. The van der Waals surface area contributed by atoms with E-state index in [1.807, 2.05) is 41.9 Å². The molecule has 2 rings (SSSR count). The first-order valence-electron chi connectivity index (χ1n) is 5.79. The predicted octanol–water partition coefficient (Wildman–Crippen LogP) is 3.51. The molecule has 1 heterocycles. The first kappa shape index (κ1) is 13.7. The van der Waals surface area contributed by atoms with Crippen molar-refractivity contribution in [2.45, 2.75) is 19.1 Å². The van der Waals surface area contributed by atoms with Gasteiger partial charge in [0, 0.05) is 17.6 Å². The third-order valence-electron chi connectivity index (χ3n) is 2.89. The van der Waals surface area contributed by atoms with E-state index >= 15 is 0 Å². The lowest BCUT2D eigenvalue weighted by molar-refractivity contribution is 0.0571. The molecule has 0 amide bonds. The first-order chi connectivity index (χ1) is 8.59. The zero-order chi connectivity index (χ0) is 13.0. The quantitative estimate of drug-likeness (QED) is 0.881.